The Kier molecular flexibility index (Phi) is 7.65. The first kappa shape index (κ1) is 24.9. The smallest absolute Gasteiger partial charge is 0.269 e. The third-order valence-corrected chi connectivity index (χ3v) is 5.94. The van der Waals surface area contributed by atoms with E-state index in [-0.39, 0.29) is 22.8 Å². The molecule has 1 heterocycles. The summed E-state index contributed by atoms with van der Waals surface area (Å²) in [6, 6.07) is 18.5. The van der Waals surface area contributed by atoms with E-state index in [2.05, 4.69) is 10.7 Å². The van der Waals surface area contributed by atoms with Crippen molar-refractivity contribution >= 4 is 40.7 Å². The molecule has 0 saturated carbocycles. The molecular weight excluding hydrogens is 486 g/mol. The number of rotatable bonds is 8. The summed E-state index contributed by atoms with van der Waals surface area (Å²) in [4.78, 5) is 40.0. The van der Waals surface area contributed by atoms with E-state index in [1.165, 1.54) is 42.5 Å². The van der Waals surface area contributed by atoms with Crippen LogP contribution in [0.3, 0.4) is 0 Å². The Balaban J connectivity index is 1.51. The van der Waals surface area contributed by atoms with Crippen molar-refractivity contribution in [3.63, 3.8) is 0 Å². The molecule has 2 N–H and O–H groups in total. The number of amides is 3. The Hall–Kier alpha value is -4.18. The van der Waals surface area contributed by atoms with Gasteiger partial charge in [0.25, 0.3) is 11.8 Å². The first-order valence-electron chi connectivity index (χ1n) is 11.1. The number of hydrogen-bond donors (Lipinski definition) is 2. The molecule has 184 valence electrons. The minimum Gasteiger partial charge on any atom is -0.356 e. The molecule has 3 amide bonds. The van der Waals surface area contributed by atoms with Crippen molar-refractivity contribution in [2.75, 3.05) is 11.4 Å². The number of halogens is 2. The van der Waals surface area contributed by atoms with Crippen LogP contribution in [0.5, 0.6) is 0 Å². The van der Waals surface area contributed by atoms with Crippen molar-refractivity contribution < 1.29 is 23.2 Å². The van der Waals surface area contributed by atoms with Crippen LogP contribution in [0.25, 0.3) is 0 Å². The Morgan fingerprint density at radius 3 is 2.33 bits per heavy atom. The van der Waals surface area contributed by atoms with Gasteiger partial charge in [-0.2, -0.15) is 0 Å². The number of benzene rings is 3. The molecule has 1 atom stereocenters. The van der Waals surface area contributed by atoms with Crippen LogP contribution in [0, 0.1) is 11.6 Å². The van der Waals surface area contributed by atoms with Gasteiger partial charge >= 0.3 is 0 Å². The molecule has 3 aromatic rings. The number of nitrogens with zero attached hydrogens (tertiary/aromatic N) is 2. The summed E-state index contributed by atoms with van der Waals surface area (Å²) < 4.78 is 27.1. The summed E-state index contributed by atoms with van der Waals surface area (Å²) in [5, 5.41) is 3.79. The van der Waals surface area contributed by atoms with Crippen LogP contribution in [-0.2, 0) is 16.0 Å². The number of anilines is 1. The molecule has 0 aliphatic carbocycles. The molecule has 0 radical (unpaired) electrons. The second-order valence-electron chi connectivity index (χ2n) is 8.06. The highest BCUT2D eigenvalue weighted by Gasteiger charge is 2.45. The van der Waals surface area contributed by atoms with Gasteiger partial charge in [0.15, 0.2) is 0 Å². The zero-order valence-electron chi connectivity index (χ0n) is 19.0. The highest BCUT2D eigenvalue weighted by Crippen LogP contribution is 2.26. The molecule has 0 spiro atoms. The SMILES string of the molecule is O=C(CC1C(=O)N(c2ccc(F)cc2)C(=S)N1NC(=O)c1cccc(F)c1)NCCc1ccccc1. The summed E-state index contributed by atoms with van der Waals surface area (Å²) in [5.74, 6) is -2.80. The van der Waals surface area contributed by atoms with Crippen LogP contribution in [-0.4, -0.2) is 40.4 Å². The van der Waals surface area contributed by atoms with Gasteiger partial charge in [0.1, 0.15) is 17.7 Å². The van der Waals surface area contributed by atoms with Crippen LogP contribution in [0.4, 0.5) is 14.5 Å². The molecular formula is C26H22F2N4O3S. The zero-order chi connectivity index (χ0) is 25.7. The normalized spacial score (nSPS) is 15.2. The Morgan fingerprint density at radius 1 is 0.917 bits per heavy atom. The van der Waals surface area contributed by atoms with Gasteiger partial charge in [-0.25, -0.2) is 13.8 Å². The highest BCUT2D eigenvalue weighted by molar-refractivity contribution is 7.80. The molecule has 0 aromatic heterocycles. The van der Waals surface area contributed by atoms with Crippen LogP contribution < -0.4 is 15.6 Å². The van der Waals surface area contributed by atoms with Crippen molar-refractivity contribution in [3.05, 3.63) is 102 Å². The van der Waals surface area contributed by atoms with Crippen LogP contribution in [0.15, 0.2) is 78.9 Å². The maximum atomic E-state index is 13.6. The van der Waals surface area contributed by atoms with E-state index in [9.17, 15) is 23.2 Å². The molecule has 36 heavy (non-hydrogen) atoms. The quantitative estimate of drug-likeness (QED) is 0.456. The molecule has 3 aromatic carbocycles. The molecule has 1 aliphatic rings. The average Bonchev–Trinajstić information content (AvgIpc) is 3.09. The lowest BCUT2D eigenvalue weighted by Gasteiger charge is -2.24. The molecule has 1 saturated heterocycles. The van der Waals surface area contributed by atoms with Crippen molar-refractivity contribution in [2.24, 2.45) is 0 Å². The summed E-state index contributed by atoms with van der Waals surface area (Å²) in [5.41, 5.74) is 3.86. The average molecular weight is 509 g/mol. The lowest BCUT2D eigenvalue weighted by molar-refractivity contribution is -0.127. The van der Waals surface area contributed by atoms with E-state index in [1.807, 2.05) is 30.3 Å². The first-order chi connectivity index (χ1) is 17.3. The van der Waals surface area contributed by atoms with Crippen molar-refractivity contribution in [3.8, 4) is 0 Å². The number of nitrogens with one attached hydrogen (secondary N) is 2. The monoisotopic (exact) mass is 508 g/mol. The molecule has 1 unspecified atom stereocenters. The van der Waals surface area contributed by atoms with Gasteiger partial charge in [0.2, 0.25) is 11.0 Å². The van der Waals surface area contributed by atoms with E-state index in [0.29, 0.717) is 13.0 Å². The summed E-state index contributed by atoms with van der Waals surface area (Å²) in [7, 11) is 0. The molecule has 1 aliphatic heterocycles. The van der Waals surface area contributed by atoms with Gasteiger partial charge in [-0.05, 0) is 66.7 Å². The predicted octanol–water partition coefficient (Wildman–Crippen LogP) is 3.36. The van der Waals surface area contributed by atoms with Crippen molar-refractivity contribution in [2.45, 2.75) is 18.9 Å². The van der Waals surface area contributed by atoms with Gasteiger partial charge in [-0.1, -0.05) is 36.4 Å². The van der Waals surface area contributed by atoms with Crippen molar-refractivity contribution in [1.29, 1.82) is 0 Å². The van der Waals surface area contributed by atoms with Gasteiger partial charge in [0, 0.05) is 12.1 Å². The lowest BCUT2D eigenvalue weighted by Crippen LogP contribution is -2.50. The third kappa shape index (κ3) is 5.72. The lowest BCUT2D eigenvalue weighted by atomic mass is 10.1. The topological polar surface area (TPSA) is 81.8 Å². The van der Waals surface area contributed by atoms with Crippen LogP contribution >= 0.6 is 12.2 Å². The van der Waals surface area contributed by atoms with Gasteiger partial charge in [-0.15, -0.1) is 0 Å². The Labute approximate surface area is 211 Å². The predicted molar refractivity (Wildman–Crippen MR) is 134 cm³/mol. The largest absolute Gasteiger partial charge is 0.356 e. The van der Waals surface area contributed by atoms with Crippen molar-refractivity contribution in [1.82, 2.24) is 15.8 Å². The first-order valence-corrected chi connectivity index (χ1v) is 11.5. The van der Waals surface area contributed by atoms with Crippen LogP contribution in [0.2, 0.25) is 0 Å². The number of carbonyl (C=O) groups is 3. The summed E-state index contributed by atoms with van der Waals surface area (Å²) in [6.07, 6.45) is 0.306. The molecule has 4 rings (SSSR count). The number of carbonyl (C=O) groups excluding carboxylic acids is 3. The van der Waals surface area contributed by atoms with Crippen LogP contribution in [0.1, 0.15) is 22.3 Å². The van der Waals surface area contributed by atoms with Gasteiger partial charge < -0.3 is 5.32 Å². The Bertz CT molecular complexity index is 1290. The fraction of sp³-hybridized carbons (Fsp3) is 0.154. The van der Waals surface area contributed by atoms with Gasteiger partial charge in [0.05, 0.1) is 12.1 Å². The fourth-order valence-electron chi connectivity index (χ4n) is 3.77. The van der Waals surface area contributed by atoms with E-state index in [1.54, 1.807) is 0 Å². The van der Waals surface area contributed by atoms with Gasteiger partial charge in [-0.3, -0.25) is 24.7 Å². The molecule has 7 nitrogen and oxygen atoms in total. The summed E-state index contributed by atoms with van der Waals surface area (Å²) in [6.45, 7) is 0.353. The Morgan fingerprint density at radius 2 is 1.64 bits per heavy atom. The maximum Gasteiger partial charge on any atom is 0.269 e. The molecule has 0 bridgehead atoms. The zero-order valence-corrected chi connectivity index (χ0v) is 19.8. The minimum absolute atomic E-state index is 0.0107. The standard InChI is InChI=1S/C26H22F2N4O3S/c27-19-9-11-21(12-10-19)31-25(35)22(16-23(33)29-14-13-17-5-2-1-3-6-17)32(26(31)36)30-24(34)18-7-4-8-20(28)15-18/h1-12,15,22H,13-14,16H2,(H,29,33)(H,30,34). The number of hydrogen-bond acceptors (Lipinski definition) is 4. The highest BCUT2D eigenvalue weighted by atomic mass is 32.1. The van der Waals surface area contributed by atoms with E-state index < -0.39 is 35.4 Å². The molecule has 10 heteroatoms. The fourth-order valence-corrected chi connectivity index (χ4v) is 4.14. The van der Waals surface area contributed by atoms with E-state index in [0.717, 1.165) is 21.5 Å². The molecule has 1 fully saturated rings. The third-order valence-electron chi connectivity index (χ3n) is 5.57. The number of hydrazine groups is 1. The van der Waals surface area contributed by atoms with E-state index >= 15 is 0 Å². The van der Waals surface area contributed by atoms with E-state index in [4.69, 9.17) is 12.2 Å². The maximum absolute atomic E-state index is 13.6. The summed E-state index contributed by atoms with van der Waals surface area (Å²) >= 11 is 5.45. The second kappa shape index (κ2) is 11.0. The minimum atomic E-state index is -1.16. The second-order valence-corrected chi connectivity index (χ2v) is 8.42. The number of thiocarbonyl (C=S) groups is 1.